The van der Waals surface area contributed by atoms with Crippen LogP contribution in [0, 0.1) is 24.6 Å². The highest BCUT2D eigenvalue weighted by Crippen LogP contribution is 2.49. The average molecular weight is 379 g/mol. The molecule has 0 spiro atoms. The van der Waals surface area contributed by atoms with Crippen molar-refractivity contribution in [1.82, 2.24) is 0 Å². The predicted molar refractivity (Wildman–Crippen MR) is 101 cm³/mol. The topological polar surface area (TPSA) is 63.7 Å². The first-order valence-electron chi connectivity index (χ1n) is 8.94. The van der Waals surface area contributed by atoms with Gasteiger partial charge < -0.3 is 4.74 Å². The quantitative estimate of drug-likeness (QED) is 0.607. The standard InChI is InChI=1S/C22H18FNO4/c1-12-3-9-15(10-4-12)24-20(25)16-11-17(22(27)28-2)18(19(16)21(24)26)13-5-7-14(23)8-6-13/h3-10,16,19H,11H2,1-2H3/t16-,19-/m0/s1. The third-order valence-corrected chi connectivity index (χ3v) is 5.37. The summed E-state index contributed by atoms with van der Waals surface area (Å²) in [5, 5.41) is 0. The van der Waals surface area contributed by atoms with Crippen LogP contribution in [0.4, 0.5) is 10.1 Å². The molecule has 1 aliphatic carbocycles. The Morgan fingerprint density at radius 3 is 2.29 bits per heavy atom. The lowest BCUT2D eigenvalue weighted by atomic mass is 9.89. The molecule has 2 aliphatic rings. The Morgan fingerprint density at radius 1 is 1.04 bits per heavy atom. The highest BCUT2D eigenvalue weighted by molar-refractivity contribution is 6.27. The van der Waals surface area contributed by atoms with E-state index in [0.29, 0.717) is 22.4 Å². The second kappa shape index (κ2) is 6.71. The van der Waals surface area contributed by atoms with Crippen LogP contribution < -0.4 is 4.90 Å². The Hall–Kier alpha value is -3.28. The first-order valence-corrected chi connectivity index (χ1v) is 8.94. The number of aryl methyl sites for hydroxylation is 1. The minimum Gasteiger partial charge on any atom is -0.466 e. The van der Waals surface area contributed by atoms with Gasteiger partial charge in [0.05, 0.1) is 24.6 Å². The summed E-state index contributed by atoms with van der Waals surface area (Å²) < 4.78 is 18.2. The van der Waals surface area contributed by atoms with Crippen molar-refractivity contribution in [2.45, 2.75) is 13.3 Å². The summed E-state index contributed by atoms with van der Waals surface area (Å²) in [5.41, 5.74) is 2.82. The first kappa shape index (κ1) is 18.1. The van der Waals surface area contributed by atoms with Gasteiger partial charge in [-0.3, -0.25) is 9.59 Å². The van der Waals surface area contributed by atoms with Crippen molar-refractivity contribution in [3.05, 3.63) is 71.0 Å². The number of anilines is 1. The van der Waals surface area contributed by atoms with E-state index in [1.807, 2.05) is 19.1 Å². The fourth-order valence-electron chi connectivity index (χ4n) is 4.02. The van der Waals surface area contributed by atoms with E-state index >= 15 is 0 Å². The number of amides is 2. The maximum absolute atomic E-state index is 13.4. The molecule has 28 heavy (non-hydrogen) atoms. The van der Waals surface area contributed by atoms with Crippen molar-refractivity contribution in [3.8, 4) is 0 Å². The van der Waals surface area contributed by atoms with E-state index in [1.165, 1.54) is 36.3 Å². The SMILES string of the molecule is COC(=O)C1=C(c2ccc(F)cc2)[C@H]2C(=O)N(c3ccc(C)cc3)C(=O)[C@H]2C1. The summed E-state index contributed by atoms with van der Waals surface area (Å²) in [7, 11) is 1.26. The van der Waals surface area contributed by atoms with Crippen LogP contribution in [-0.4, -0.2) is 24.9 Å². The maximum Gasteiger partial charge on any atom is 0.334 e. The number of fused-ring (bicyclic) bond motifs is 1. The largest absolute Gasteiger partial charge is 0.466 e. The van der Waals surface area contributed by atoms with E-state index in [1.54, 1.807) is 12.1 Å². The van der Waals surface area contributed by atoms with Crippen molar-refractivity contribution >= 4 is 29.0 Å². The molecule has 0 bridgehead atoms. The number of methoxy groups -OCH3 is 1. The molecule has 6 heteroatoms. The average Bonchev–Trinajstić information content (AvgIpc) is 3.19. The molecular formula is C22H18FNO4. The summed E-state index contributed by atoms with van der Waals surface area (Å²) in [6.45, 7) is 1.92. The summed E-state index contributed by atoms with van der Waals surface area (Å²) >= 11 is 0. The van der Waals surface area contributed by atoms with Crippen molar-refractivity contribution in [1.29, 1.82) is 0 Å². The predicted octanol–water partition coefficient (Wildman–Crippen LogP) is 3.27. The van der Waals surface area contributed by atoms with Crippen molar-refractivity contribution in [2.24, 2.45) is 11.8 Å². The van der Waals surface area contributed by atoms with Crippen LogP contribution >= 0.6 is 0 Å². The maximum atomic E-state index is 13.4. The van der Waals surface area contributed by atoms with Gasteiger partial charge in [-0.1, -0.05) is 29.8 Å². The number of hydrogen-bond acceptors (Lipinski definition) is 4. The summed E-state index contributed by atoms with van der Waals surface area (Å²) in [5.74, 6) is -3.16. The van der Waals surface area contributed by atoms with Crippen LogP contribution in [0.2, 0.25) is 0 Å². The van der Waals surface area contributed by atoms with Crippen molar-refractivity contribution in [2.75, 3.05) is 12.0 Å². The van der Waals surface area contributed by atoms with E-state index in [0.717, 1.165) is 5.56 Å². The minimum atomic E-state index is -0.784. The van der Waals surface area contributed by atoms with Crippen LogP contribution in [0.15, 0.2) is 54.1 Å². The number of rotatable bonds is 3. The number of carbonyl (C=O) groups is 3. The molecule has 2 amide bonds. The van der Waals surface area contributed by atoms with Gasteiger partial charge >= 0.3 is 5.97 Å². The Morgan fingerprint density at radius 2 is 1.68 bits per heavy atom. The van der Waals surface area contributed by atoms with Crippen LogP contribution in [0.3, 0.4) is 0 Å². The molecule has 142 valence electrons. The Bertz CT molecular complexity index is 1010. The molecule has 2 aromatic rings. The second-order valence-corrected chi connectivity index (χ2v) is 7.03. The molecule has 4 rings (SSSR count). The smallest absolute Gasteiger partial charge is 0.334 e. The van der Waals surface area contributed by atoms with Gasteiger partial charge in [-0.25, -0.2) is 14.1 Å². The summed E-state index contributed by atoms with van der Waals surface area (Å²) in [6, 6.07) is 12.7. The van der Waals surface area contributed by atoms with Gasteiger partial charge in [-0.05, 0) is 48.7 Å². The van der Waals surface area contributed by atoms with E-state index in [4.69, 9.17) is 4.74 Å². The first-order chi connectivity index (χ1) is 13.4. The zero-order chi connectivity index (χ0) is 20.0. The van der Waals surface area contributed by atoms with Gasteiger partial charge in [-0.15, -0.1) is 0 Å². The third-order valence-electron chi connectivity index (χ3n) is 5.37. The second-order valence-electron chi connectivity index (χ2n) is 7.03. The van der Waals surface area contributed by atoms with Gasteiger partial charge in [-0.2, -0.15) is 0 Å². The molecule has 1 saturated heterocycles. The molecule has 0 saturated carbocycles. The van der Waals surface area contributed by atoms with E-state index in [9.17, 15) is 18.8 Å². The molecule has 0 aromatic heterocycles. The van der Waals surface area contributed by atoms with E-state index in [-0.39, 0.29) is 18.2 Å². The minimum absolute atomic E-state index is 0.122. The van der Waals surface area contributed by atoms with E-state index in [2.05, 4.69) is 0 Å². The van der Waals surface area contributed by atoms with Crippen molar-refractivity contribution in [3.63, 3.8) is 0 Å². The molecule has 2 atom stereocenters. The zero-order valence-electron chi connectivity index (χ0n) is 15.4. The lowest BCUT2D eigenvalue weighted by Crippen LogP contribution is -2.32. The molecule has 1 fully saturated rings. The fourth-order valence-corrected chi connectivity index (χ4v) is 4.02. The lowest BCUT2D eigenvalue weighted by Gasteiger charge is -2.18. The van der Waals surface area contributed by atoms with Crippen LogP contribution in [-0.2, 0) is 19.1 Å². The number of benzene rings is 2. The van der Waals surface area contributed by atoms with Crippen LogP contribution in [0.25, 0.3) is 5.57 Å². The molecule has 1 aliphatic heterocycles. The number of esters is 1. The number of hydrogen-bond donors (Lipinski definition) is 0. The van der Waals surface area contributed by atoms with E-state index < -0.39 is 23.6 Å². The van der Waals surface area contributed by atoms with Crippen LogP contribution in [0.1, 0.15) is 17.5 Å². The van der Waals surface area contributed by atoms with Gasteiger partial charge in [0.2, 0.25) is 11.8 Å². The fraction of sp³-hybridized carbons (Fsp3) is 0.227. The number of ether oxygens (including phenoxy) is 1. The Labute approximate surface area is 161 Å². The zero-order valence-corrected chi connectivity index (χ0v) is 15.4. The Kier molecular flexibility index (Phi) is 4.34. The molecular weight excluding hydrogens is 361 g/mol. The molecule has 2 aromatic carbocycles. The highest BCUT2D eigenvalue weighted by atomic mass is 19.1. The van der Waals surface area contributed by atoms with Gasteiger partial charge in [0, 0.05) is 5.57 Å². The lowest BCUT2D eigenvalue weighted by molar-refractivity contribution is -0.136. The monoisotopic (exact) mass is 379 g/mol. The van der Waals surface area contributed by atoms with Gasteiger partial charge in [0.25, 0.3) is 0 Å². The Balaban J connectivity index is 1.81. The molecule has 1 heterocycles. The molecule has 0 unspecified atom stereocenters. The highest BCUT2D eigenvalue weighted by Gasteiger charge is 2.55. The number of nitrogens with zero attached hydrogens (tertiary/aromatic N) is 1. The molecule has 0 radical (unpaired) electrons. The summed E-state index contributed by atoms with van der Waals surface area (Å²) in [6.07, 6.45) is 0.122. The molecule has 5 nitrogen and oxygen atoms in total. The third kappa shape index (κ3) is 2.72. The van der Waals surface area contributed by atoms with Crippen LogP contribution in [0.5, 0.6) is 0 Å². The number of carbonyl (C=O) groups excluding carboxylic acids is 3. The molecule has 0 N–H and O–H groups in total. The van der Waals surface area contributed by atoms with Gasteiger partial charge in [0.15, 0.2) is 0 Å². The summed E-state index contributed by atoms with van der Waals surface area (Å²) in [4.78, 5) is 39.8. The number of imide groups is 1. The van der Waals surface area contributed by atoms with Crippen molar-refractivity contribution < 1.29 is 23.5 Å². The normalized spacial score (nSPS) is 21.3. The van der Waals surface area contributed by atoms with Gasteiger partial charge in [0.1, 0.15) is 5.82 Å². The number of halogens is 1.